The summed E-state index contributed by atoms with van der Waals surface area (Å²) in [5, 5.41) is 6.03. The normalized spacial score (nSPS) is 18.4. The van der Waals surface area contributed by atoms with Crippen molar-refractivity contribution in [2.45, 2.75) is 32.9 Å². The maximum absolute atomic E-state index is 12.2. The summed E-state index contributed by atoms with van der Waals surface area (Å²) in [6.07, 6.45) is 0. The number of ether oxygens (including phenoxy) is 1. The van der Waals surface area contributed by atoms with Crippen molar-refractivity contribution >= 4 is 6.03 Å². The predicted octanol–water partition coefficient (Wildman–Crippen LogP) is 2.40. The summed E-state index contributed by atoms with van der Waals surface area (Å²) in [6, 6.07) is 10.2. The molecule has 0 aliphatic carbocycles. The highest BCUT2D eigenvalue weighted by Gasteiger charge is 2.24. The fraction of sp³-hybridized carbons (Fsp3) is 0.611. The van der Waals surface area contributed by atoms with Gasteiger partial charge in [0.15, 0.2) is 0 Å². The standard InChI is InChI=1S/C18H29N3O2/c1-14(2)17(21-9-11-23-12-10-21)13-19-18(22)20-15(3)16-7-5-4-6-8-16/h4-8,14-15,17H,9-13H2,1-3H3,(H2,19,20,22). The summed E-state index contributed by atoms with van der Waals surface area (Å²) in [6.45, 7) is 10.5. The molecule has 1 aliphatic rings. The largest absolute Gasteiger partial charge is 0.379 e. The highest BCUT2D eigenvalue weighted by Crippen LogP contribution is 2.13. The minimum atomic E-state index is -0.111. The van der Waals surface area contributed by atoms with Crippen LogP contribution in [0.25, 0.3) is 0 Å². The molecule has 5 heteroatoms. The quantitative estimate of drug-likeness (QED) is 0.846. The second kappa shape index (κ2) is 8.89. The Morgan fingerprint density at radius 1 is 1.17 bits per heavy atom. The maximum Gasteiger partial charge on any atom is 0.315 e. The number of hydrogen-bond acceptors (Lipinski definition) is 3. The Bertz CT molecular complexity index is 472. The Balaban J connectivity index is 1.81. The van der Waals surface area contributed by atoms with Gasteiger partial charge in [0, 0.05) is 25.7 Å². The summed E-state index contributed by atoms with van der Waals surface area (Å²) in [4.78, 5) is 14.6. The van der Waals surface area contributed by atoms with E-state index in [1.807, 2.05) is 37.3 Å². The molecule has 2 rings (SSSR count). The zero-order chi connectivity index (χ0) is 16.7. The molecule has 2 unspecified atom stereocenters. The molecule has 1 fully saturated rings. The molecule has 1 saturated heterocycles. The van der Waals surface area contributed by atoms with Gasteiger partial charge in [0.25, 0.3) is 0 Å². The van der Waals surface area contributed by atoms with Gasteiger partial charge in [-0.05, 0) is 18.4 Å². The summed E-state index contributed by atoms with van der Waals surface area (Å²) in [5.74, 6) is 0.486. The number of hydrogen-bond donors (Lipinski definition) is 2. The van der Waals surface area contributed by atoms with E-state index >= 15 is 0 Å². The van der Waals surface area contributed by atoms with Crippen molar-refractivity contribution in [2.75, 3.05) is 32.8 Å². The van der Waals surface area contributed by atoms with Gasteiger partial charge >= 0.3 is 6.03 Å². The molecule has 5 nitrogen and oxygen atoms in total. The van der Waals surface area contributed by atoms with Crippen molar-refractivity contribution in [3.05, 3.63) is 35.9 Å². The summed E-state index contributed by atoms with van der Waals surface area (Å²) in [7, 11) is 0. The van der Waals surface area contributed by atoms with Crippen LogP contribution in [-0.4, -0.2) is 49.8 Å². The third-order valence-electron chi connectivity index (χ3n) is 4.40. The molecule has 0 saturated carbocycles. The number of amides is 2. The van der Waals surface area contributed by atoms with E-state index in [0.29, 0.717) is 18.5 Å². The zero-order valence-electron chi connectivity index (χ0n) is 14.4. The molecule has 1 aromatic carbocycles. The van der Waals surface area contributed by atoms with E-state index < -0.39 is 0 Å². The van der Waals surface area contributed by atoms with Gasteiger partial charge in [-0.15, -0.1) is 0 Å². The first-order valence-corrected chi connectivity index (χ1v) is 8.49. The number of nitrogens with one attached hydrogen (secondary N) is 2. The van der Waals surface area contributed by atoms with Crippen LogP contribution in [0.2, 0.25) is 0 Å². The number of rotatable bonds is 6. The van der Waals surface area contributed by atoms with E-state index in [2.05, 4.69) is 29.4 Å². The maximum atomic E-state index is 12.2. The van der Waals surface area contributed by atoms with Gasteiger partial charge < -0.3 is 15.4 Å². The molecule has 0 radical (unpaired) electrons. The van der Waals surface area contributed by atoms with Gasteiger partial charge in [-0.25, -0.2) is 4.79 Å². The summed E-state index contributed by atoms with van der Waals surface area (Å²) < 4.78 is 5.42. The second-order valence-corrected chi connectivity index (χ2v) is 6.45. The van der Waals surface area contributed by atoms with Crippen LogP contribution in [0.1, 0.15) is 32.4 Å². The van der Waals surface area contributed by atoms with Crippen LogP contribution in [0.15, 0.2) is 30.3 Å². The van der Waals surface area contributed by atoms with Gasteiger partial charge in [0.2, 0.25) is 0 Å². The van der Waals surface area contributed by atoms with Gasteiger partial charge in [0.05, 0.1) is 19.3 Å². The molecule has 2 amide bonds. The highest BCUT2D eigenvalue weighted by atomic mass is 16.5. The lowest BCUT2D eigenvalue weighted by molar-refractivity contribution is 0.00718. The fourth-order valence-corrected chi connectivity index (χ4v) is 2.97. The van der Waals surface area contributed by atoms with Crippen molar-refractivity contribution in [2.24, 2.45) is 5.92 Å². The number of nitrogens with zero attached hydrogens (tertiary/aromatic N) is 1. The second-order valence-electron chi connectivity index (χ2n) is 6.45. The number of urea groups is 1. The number of carbonyl (C=O) groups is 1. The van der Waals surface area contributed by atoms with Crippen molar-refractivity contribution < 1.29 is 9.53 Å². The van der Waals surface area contributed by atoms with Gasteiger partial charge in [-0.1, -0.05) is 44.2 Å². The Kier molecular flexibility index (Phi) is 6.86. The lowest BCUT2D eigenvalue weighted by Gasteiger charge is -2.37. The van der Waals surface area contributed by atoms with Crippen LogP contribution in [-0.2, 0) is 4.74 Å². The van der Waals surface area contributed by atoms with E-state index in [1.54, 1.807) is 0 Å². The molecule has 2 N–H and O–H groups in total. The third-order valence-corrected chi connectivity index (χ3v) is 4.40. The van der Waals surface area contributed by atoms with E-state index in [-0.39, 0.29) is 12.1 Å². The molecule has 0 aromatic heterocycles. The van der Waals surface area contributed by atoms with Crippen molar-refractivity contribution in [3.63, 3.8) is 0 Å². The fourth-order valence-electron chi connectivity index (χ4n) is 2.97. The average molecular weight is 319 g/mol. The number of benzene rings is 1. The van der Waals surface area contributed by atoms with Gasteiger partial charge in [-0.3, -0.25) is 4.90 Å². The predicted molar refractivity (Wildman–Crippen MR) is 92.4 cm³/mol. The Morgan fingerprint density at radius 2 is 1.83 bits per heavy atom. The van der Waals surface area contributed by atoms with Gasteiger partial charge in [-0.2, -0.15) is 0 Å². The van der Waals surface area contributed by atoms with E-state index in [0.717, 1.165) is 31.9 Å². The molecular weight excluding hydrogens is 290 g/mol. The zero-order valence-corrected chi connectivity index (χ0v) is 14.4. The third kappa shape index (κ3) is 5.52. The van der Waals surface area contributed by atoms with Crippen molar-refractivity contribution in [1.82, 2.24) is 15.5 Å². The van der Waals surface area contributed by atoms with E-state index in [4.69, 9.17) is 4.74 Å². The molecule has 23 heavy (non-hydrogen) atoms. The van der Waals surface area contributed by atoms with Gasteiger partial charge in [0.1, 0.15) is 0 Å². The molecule has 1 heterocycles. The minimum Gasteiger partial charge on any atom is -0.379 e. The molecule has 128 valence electrons. The highest BCUT2D eigenvalue weighted by molar-refractivity contribution is 5.74. The van der Waals surface area contributed by atoms with Crippen LogP contribution in [0.5, 0.6) is 0 Å². The molecule has 0 bridgehead atoms. The first-order valence-electron chi connectivity index (χ1n) is 8.49. The van der Waals surface area contributed by atoms with Crippen LogP contribution in [0.4, 0.5) is 4.79 Å². The molecule has 1 aromatic rings. The average Bonchev–Trinajstić information content (AvgIpc) is 2.56. The first-order chi connectivity index (χ1) is 11.1. The van der Waals surface area contributed by atoms with E-state index in [9.17, 15) is 4.79 Å². The molecule has 0 spiro atoms. The number of carbonyl (C=O) groups excluding carboxylic acids is 1. The Hall–Kier alpha value is -1.59. The monoisotopic (exact) mass is 319 g/mol. The lowest BCUT2D eigenvalue weighted by atomic mass is 10.0. The number of morpholine rings is 1. The Labute approximate surface area is 139 Å². The minimum absolute atomic E-state index is 0.00270. The SMILES string of the molecule is CC(NC(=O)NCC(C(C)C)N1CCOCC1)c1ccccc1. The molecule has 2 atom stereocenters. The molecule has 1 aliphatic heterocycles. The van der Waals surface area contributed by atoms with Crippen molar-refractivity contribution in [1.29, 1.82) is 0 Å². The van der Waals surface area contributed by atoms with Crippen molar-refractivity contribution in [3.8, 4) is 0 Å². The van der Waals surface area contributed by atoms with Crippen LogP contribution in [0.3, 0.4) is 0 Å². The van der Waals surface area contributed by atoms with Crippen LogP contribution >= 0.6 is 0 Å². The summed E-state index contributed by atoms with van der Waals surface area (Å²) in [5.41, 5.74) is 1.11. The molecular formula is C18H29N3O2. The Morgan fingerprint density at radius 3 is 2.43 bits per heavy atom. The van der Waals surface area contributed by atoms with Crippen LogP contribution < -0.4 is 10.6 Å². The smallest absolute Gasteiger partial charge is 0.315 e. The lowest BCUT2D eigenvalue weighted by Crippen LogP contribution is -2.52. The topological polar surface area (TPSA) is 53.6 Å². The first kappa shape index (κ1) is 17.8. The van der Waals surface area contributed by atoms with Crippen LogP contribution in [0, 0.1) is 5.92 Å². The van der Waals surface area contributed by atoms with E-state index in [1.165, 1.54) is 0 Å². The summed E-state index contributed by atoms with van der Waals surface area (Å²) >= 11 is 0.